The van der Waals surface area contributed by atoms with Crippen molar-refractivity contribution in [1.29, 1.82) is 0 Å². The molecular formula is C28H34N2O5. The molecule has 35 heavy (non-hydrogen) atoms. The summed E-state index contributed by atoms with van der Waals surface area (Å²) in [5, 5.41) is 14.8. The molecule has 2 aromatic rings. The zero-order valence-electron chi connectivity index (χ0n) is 20.2. The van der Waals surface area contributed by atoms with E-state index in [4.69, 9.17) is 9.84 Å². The first-order valence-corrected chi connectivity index (χ1v) is 12.5. The number of carboxylic acids is 1. The smallest absolute Gasteiger partial charge is 0.407 e. The minimum absolute atomic E-state index is 0.00106. The Morgan fingerprint density at radius 2 is 1.69 bits per heavy atom. The molecule has 2 aliphatic rings. The molecule has 1 saturated carbocycles. The maximum absolute atomic E-state index is 12.5. The van der Waals surface area contributed by atoms with Crippen molar-refractivity contribution in [3.8, 4) is 11.1 Å². The van der Waals surface area contributed by atoms with Gasteiger partial charge in [0.05, 0.1) is 0 Å². The predicted octanol–water partition coefficient (Wildman–Crippen LogP) is 4.70. The quantitative estimate of drug-likeness (QED) is 0.459. The first kappa shape index (κ1) is 24.8. The molecule has 0 saturated heterocycles. The van der Waals surface area contributed by atoms with Crippen LogP contribution < -0.4 is 10.6 Å². The molecule has 3 N–H and O–H groups in total. The summed E-state index contributed by atoms with van der Waals surface area (Å²) in [4.78, 5) is 35.7. The van der Waals surface area contributed by atoms with Crippen molar-refractivity contribution in [2.75, 3.05) is 13.2 Å². The molecule has 7 nitrogen and oxygen atoms in total. The molecule has 4 rings (SSSR count). The Morgan fingerprint density at radius 1 is 1.03 bits per heavy atom. The number of carbonyl (C=O) groups excluding carboxylic acids is 2. The highest BCUT2D eigenvalue weighted by Crippen LogP contribution is 2.44. The summed E-state index contributed by atoms with van der Waals surface area (Å²) in [6.07, 6.45) is 3.18. The van der Waals surface area contributed by atoms with Gasteiger partial charge in [-0.25, -0.2) is 4.79 Å². The number of alkyl carbamates (subject to hydrolysis) is 1. The number of carboxylic acid groups (broad SMARTS) is 1. The number of nitrogens with one attached hydrogen (secondary N) is 2. The largest absolute Gasteiger partial charge is 0.481 e. The monoisotopic (exact) mass is 478 g/mol. The van der Waals surface area contributed by atoms with Gasteiger partial charge >= 0.3 is 12.1 Å². The average molecular weight is 479 g/mol. The van der Waals surface area contributed by atoms with E-state index in [-0.39, 0.29) is 42.7 Å². The first-order chi connectivity index (χ1) is 16.9. The first-order valence-electron chi connectivity index (χ1n) is 12.5. The molecular weight excluding hydrogens is 444 g/mol. The lowest BCUT2D eigenvalue weighted by Gasteiger charge is -2.17. The maximum atomic E-state index is 12.5. The second kappa shape index (κ2) is 11.4. The van der Waals surface area contributed by atoms with Crippen LogP contribution in [0.5, 0.6) is 0 Å². The third kappa shape index (κ3) is 6.21. The molecule has 3 unspecified atom stereocenters. The Balaban J connectivity index is 1.21. The number of hydrogen-bond donors (Lipinski definition) is 3. The van der Waals surface area contributed by atoms with Gasteiger partial charge in [0, 0.05) is 31.3 Å². The van der Waals surface area contributed by atoms with Gasteiger partial charge in [0.1, 0.15) is 6.61 Å². The zero-order valence-corrected chi connectivity index (χ0v) is 20.2. The molecule has 1 fully saturated rings. The Bertz CT molecular complexity index is 1020. The van der Waals surface area contributed by atoms with Crippen molar-refractivity contribution < 1.29 is 24.2 Å². The van der Waals surface area contributed by atoms with E-state index in [0.717, 1.165) is 19.3 Å². The van der Waals surface area contributed by atoms with E-state index in [9.17, 15) is 14.4 Å². The highest BCUT2D eigenvalue weighted by Gasteiger charge is 2.31. The highest BCUT2D eigenvalue weighted by molar-refractivity contribution is 5.79. The fourth-order valence-electron chi connectivity index (χ4n) is 5.40. The minimum Gasteiger partial charge on any atom is -0.481 e. The molecule has 3 atom stereocenters. The van der Waals surface area contributed by atoms with Crippen molar-refractivity contribution in [3.05, 3.63) is 59.7 Å². The van der Waals surface area contributed by atoms with Gasteiger partial charge in [0.15, 0.2) is 0 Å². The minimum atomic E-state index is -0.843. The van der Waals surface area contributed by atoms with E-state index in [1.54, 1.807) is 0 Å². The molecule has 0 bridgehead atoms. The maximum Gasteiger partial charge on any atom is 0.407 e. The van der Waals surface area contributed by atoms with Gasteiger partial charge in [-0.15, -0.1) is 0 Å². The number of aliphatic carboxylic acids is 1. The summed E-state index contributed by atoms with van der Waals surface area (Å²) < 4.78 is 5.65. The van der Waals surface area contributed by atoms with Crippen molar-refractivity contribution in [2.45, 2.75) is 57.4 Å². The van der Waals surface area contributed by atoms with Crippen molar-refractivity contribution >= 4 is 18.0 Å². The number of carbonyl (C=O) groups is 3. The second-order valence-electron chi connectivity index (χ2n) is 9.73. The normalized spacial score (nSPS) is 19.5. The summed E-state index contributed by atoms with van der Waals surface area (Å²) in [7, 11) is 0. The second-order valence-corrected chi connectivity index (χ2v) is 9.73. The lowest BCUT2D eigenvalue weighted by molar-refractivity contribution is -0.138. The number of fused-ring (bicyclic) bond motifs is 3. The summed E-state index contributed by atoms with van der Waals surface area (Å²) in [6.45, 7) is 2.60. The molecule has 0 aromatic heterocycles. The van der Waals surface area contributed by atoms with E-state index in [2.05, 4.69) is 34.9 Å². The van der Waals surface area contributed by atoms with Crippen molar-refractivity contribution in [3.63, 3.8) is 0 Å². The third-order valence-electron chi connectivity index (χ3n) is 7.31. The van der Waals surface area contributed by atoms with Crippen molar-refractivity contribution in [2.24, 2.45) is 11.8 Å². The number of hydrogen-bond acceptors (Lipinski definition) is 4. The van der Waals surface area contributed by atoms with Crippen LogP contribution in [0, 0.1) is 11.8 Å². The molecule has 0 radical (unpaired) electrons. The van der Waals surface area contributed by atoms with Crippen LogP contribution in [-0.2, 0) is 14.3 Å². The number of benzene rings is 2. The lowest BCUT2D eigenvalue weighted by Crippen LogP contribution is -2.34. The molecule has 2 amide bonds. The van der Waals surface area contributed by atoms with Crippen molar-refractivity contribution in [1.82, 2.24) is 10.6 Å². The number of amides is 2. The van der Waals surface area contributed by atoms with E-state index >= 15 is 0 Å². The average Bonchev–Trinajstić information content (AvgIpc) is 3.41. The van der Waals surface area contributed by atoms with Gasteiger partial charge < -0.3 is 20.5 Å². The molecule has 0 aliphatic heterocycles. The lowest BCUT2D eigenvalue weighted by atomic mass is 9.98. The van der Waals surface area contributed by atoms with Crippen LogP contribution in [0.1, 0.15) is 62.5 Å². The van der Waals surface area contributed by atoms with Crippen LogP contribution in [0.4, 0.5) is 4.79 Å². The Morgan fingerprint density at radius 3 is 2.31 bits per heavy atom. The Labute approximate surface area is 206 Å². The van der Waals surface area contributed by atoms with E-state index < -0.39 is 12.1 Å². The predicted molar refractivity (Wildman–Crippen MR) is 133 cm³/mol. The van der Waals surface area contributed by atoms with Gasteiger partial charge in [0.25, 0.3) is 0 Å². The van der Waals surface area contributed by atoms with Crippen LogP contribution in [0.2, 0.25) is 0 Å². The summed E-state index contributed by atoms with van der Waals surface area (Å²) in [6, 6.07) is 16.5. The molecule has 2 aliphatic carbocycles. The van der Waals surface area contributed by atoms with Gasteiger partial charge in [-0.3, -0.25) is 9.59 Å². The zero-order chi connectivity index (χ0) is 24.8. The fraction of sp³-hybridized carbons (Fsp3) is 0.464. The Hall–Kier alpha value is -3.35. The van der Waals surface area contributed by atoms with Crippen LogP contribution in [0.3, 0.4) is 0 Å². The van der Waals surface area contributed by atoms with Gasteiger partial charge in [-0.2, -0.15) is 0 Å². The number of ether oxygens (including phenoxy) is 1. The topological polar surface area (TPSA) is 105 Å². The van der Waals surface area contributed by atoms with E-state index in [0.29, 0.717) is 19.4 Å². The van der Waals surface area contributed by atoms with Crippen LogP contribution >= 0.6 is 0 Å². The molecule has 0 spiro atoms. The molecule has 7 heteroatoms. The summed E-state index contributed by atoms with van der Waals surface area (Å²) in [5.74, 6) is -0.720. The van der Waals surface area contributed by atoms with E-state index in [1.807, 2.05) is 31.2 Å². The summed E-state index contributed by atoms with van der Waals surface area (Å²) >= 11 is 0. The fourth-order valence-corrected chi connectivity index (χ4v) is 5.40. The van der Waals surface area contributed by atoms with Crippen LogP contribution in [0.25, 0.3) is 11.1 Å². The highest BCUT2D eigenvalue weighted by atomic mass is 16.5. The Kier molecular flexibility index (Phi) is 8.06. The van der Waals surface area contributed by atoms with Gasteiger partial charge in [-0.1, -0.05) is 61.9 Å². The standard InChI is InChI=1S/C28H34N2O5/c1-2-18(15-27(32)33)16-29-26(31)14-19-11-12-20(13-19)30-28(34)35-17-25-23-9-5-3-7-21(23)22-8-4-6-10-24(22)25/h3-10,18-20,25H,2,11-17H2,1H3,(H,29,31)(H,30,34)(H,32,33). The molecule has 2 aromatic carbocycles. The third-order valence-corrected chi connectivity index (χ3v) is 7.31. The van der Waals surface area contributed by atoms with E-state index in [1.165, 1.54) is 22.3 Å². The van der Waals surface area contributed by atoms with Crippen LogP contribution in [0.15, 0.2) is 48.5 Å². The molecule has 0 heterocycles. The SMILES string of the molecule is CCC(CNC(=O)CC1CCC(NC(=O)OCC2c3ccccc3-c3ccccc32)C1)CC(=O)O. The summed E-state index contributed by atoms with van der Waals surface area (Å²) in [5.41, 5.74) is 4.76. The number of rotatable bonds is 10. The molecule has 186 valence electrons. The van der Waals surface area contributed by atoms with Gasteiger partial charge in [0.2, 0.25) is 5.91 Å². The van der Waals surface area contributed by atoms with Gasteiger partial charge in [-0.05, 0) is 53.4 Å². The van der Waals surface area contributed by atoms with Crippen LogP contribution in [-0.4, -0.2) is 42.3 Å².